The fraction of sp³-hybridized carbons (Fsp3) is 0.308. The van der Waals surface area contributed by atoms with Crippen LogP contribution in [0.2, 0.25) is 0 Å². The largest absolute Gasteiger partial charge is 0.370 e. The van der Waals surface area contributed by atoms with Gasteiger partial charge in [0.2, 0.25) is 5.95 Å². The number of nitrogens with two attached hydrogens (primary N) is 1. The highest BCUT2D eigenvalue weighted by molar-refractivity contribution is 5.51. The fourth-order valence-electron chi connectivity index (χ4n) is 1.60. The Morgan fingerprint density at radius 1 is 1.21 bits per heavy atom. The standard InChI is InChI=1S/C13H18N6/c1-2-5-16-11-7-12(19-13(14)18-11)17-9-10-4-3-6-15-8-10/h3-4,6-8H,2,5,9H2,1H3,(H4,14,16,17,18,19). The number of hydrogen-bond acceptors (Lipinski definition) is 6. The maximum absolute atomic E-state index is 5.69. The molecule has 6 heteroatoms. The van der Waals surface area contributed by atoms with E-state index in [1.807, 2.05) is 24.4 Å². The van der Waals surface area contributed by atoms with E-state index in [1.165, 1.54) is 0 Å². The summed E-state index contributed by atoms with van der Waals surface area (Å²) in [5.74, 6) is 1.70. The molecule has 2 rings (SSSR count). The highest BCUT2D eigenvalue weighted by Gasteiger charge is 2.02. The second-order valence-electron chi connectivity index (χ2n) is 4.14. The van der Waals surface area contributed by atoms with Gasteiger partial charge in [0.05, 0.1) is 0 Å². The molecule has 0 bridgehead atoms. The predicted molar refractivity (Wildman–Crippen MR) is 76.8 cm³/mol. The maximum Gasteiger partial charge on any atom is 0.223 e. The quantitative estimate of drug-likeness (QED) is 0.733. The normalized spacial score (nSPS) is 10.2. The van der Waals surface area contributed by atoms with E-state index in [4.69, 9.17) is 5.73 Å². The molecule has 2 aromatic rings. The van der Waals surface area contributed by atoms with Crippen molar-refractivity contribution in [1.82, 2.24) is 15.0 Å². The van der Waals surface area contributed by atoms with Crippen LogP contribution >= 0.6 is 0 Å². The van der Waals surface area contributed by atoms with E-state index < -0.39 is 0 Å². The van der Waals surface area contributed by atoms with Crippen LogP contribution in [-0.2, 0) is 6.54 Å². The van der Waals surface area contributed by atoms with Crippen LogP contribution in [0.1, 0.15) is 18.9 Å². The Hall–Kier alpha value is -2.37. The highest BCUT2D eigenvalue weighted by Crippen LogP contribution is 2.13. The van der Waals surface area contributed by atoms with Crippen LogP contribution < -0.4 is 16.4 Å². The lowest BCUT2D eigenvalue weighted by Crippen LogP contribution is -2.08. The van der Waals surface area contributed by atoms with Crippen molar-refractivity contribution in [3.05, 3.63) is 36.2 Å². The van der Waals surface area contributed by atoms with Gasteiger partial charge in [0, 0.05) is 31.5 Å². The van der Waals surface area contributed by atoms with E-state index in [0.717, 1.165) is 24.3 Å². The molecule has 6 nitrogen and oxygen atoms in total. The highest BCUT2D eigenvalue weighted by atomic mass is 15.1. The minimum atomic E-state index is 0.259. The third-order valence-corrected chi connectivity index (χ3v) is 2.50. The topological polar surface area (TPSA) is 88.8 Å². The lowest BCUT2D eigenvalue weighted by atomic mass is 10.3. The summed E-state index contributed by atoms with van der Waals surface area (Å²) in [6.07, 6.45) is 4.59. The van der Waals surface area contributed by atoms with E-state index >= 15 is 0 Å². The zero-order valence-corrected chi connectivity index (χ0v) is 10.9. The molecule has 19 heavy (non-hydrogen) atoms. The van der Waals surface area contributed by atoms with Gasteiger partial charge in [0.15, 0.2) is 0 Å². The van der Waals surface area contributed by atoms with E-state index in [1.54, 1.807) is 6.20 Å². The molecule has 0 aliphatic heterocycles. The summed E-state index contributed by atoms with van der Waals surface area (Å²) in [5.41, 5.74) is 6.77. The lowest BCUT2D eigenvalue weighted by molar-refractivity contribution is 0.965. The summed E-state index contributed by atoms with van der Waals surface area (Å²) in [4.78, 5) is 12.3. The Kier molecular flexibility index (Phi) is 4.49. The van der Waals surface area contributed by atoms with Crippen molar-refractivity contribution in [1.29, 1.82) is 0 Å². The molecule has 100 valence electrons. The molecule has 0 fully saturated rings. The SMILES string of the molecule is CCCNc1cc(NCc2cccnc2)nc(N)n1. The van der Waals surface area contributed by atoms with Crippen LogP contribution in [0.25, 0.3) is 0 Å². The van der Waals surface area contributed by atoms with Crippen LogP contribution in [0.15, 0.2) is 30.6 Å². The molecule has 0 atom stereocenters. The van der Waals surface area contributed by atoms with Crippen LogP contribution in [0.3, 0.4) is 0 Å². The third-order valence-electron chi connectivity index (χ3n) is 2.50. The Balaban J connectivity index is 2.01. The van der Waals surface area contributed by atoms with E-state index in [2.05, 4.69) is 32.5 Å². The van der Waals surface area contributed by atoms with Crippen LogP contribution in [0, 0.1) is 0 Å². The number of nitrogens with zero attached hydrogens (tertiary/aromatic N) is 3. The molecular formula is C13H18N6. The van der Waals surface area contributed by atoms with Crippen molar-refractivity contribution >= 4 is 17.6 Å². The minimum Gasteiger partial charge on any atom is -0.370 e. The average Bonchev–Trinajstić information content (AvgIpc) is 2.43. The van der Waals surface area contributed by atoms with Gasteiger partial charge in [-0.25, -0.2) is 0 Å². The number of nitrogen functional groups attached to an aromatic ring is 1. The van der Waals surface area contributed by atoms with Gasteiger partial charge in [-0.05, 0) is 18.1 Å². The van der Waals surface area contributed by atoms with Gasteiger partial charge in [0.1, 0.15) is 11.6 Å². The monoisotopic (exact) mass is 258 g/mol. The number of rotatable bonds is 6. The summed E-state index contributed by atoms with van der Waals surface area (Å²) in [6, 6.07) is 5.75. The van der Waals surface area contributed by atoms with E-state index in [-0.39, 0.29) is 5.95 Å². The van der Waals surface area contributed by atoms with Gasteiger partial charge < -0.3 is 16.4 Å². The molecule has 0 saturated carbocycles. The predicted octanol–water partition coefficient (Wildman–Crippen LogP) is 1.89. The summed E-state index contributed by atoms with van der Waals surface area (Å²) < 4.78 is 0. The molecule has 0 unspecified atom stereocenters. The van der Waals surface area contributed by atoms with E-state index in [0.29, 0.717) is 12.4 Å². The smallest absolute Gasteiger partial charge is 0.223 e. The average molecular weight is 258 g/mol. The van der Waals surface area contributed by atoms with Crippen molar-refractivity contribution in [2.24, 2.45) is 0 Å². The van der Waals surface area contributed by atoms with Gasteiger partial charge >= 0.3 is 0 Å². The zero-order chi connectivity index (χ0) is 13.5. The Morgan fingerprint density at radius 2 is 2.00 bits per heavy atom. The Labute approximate surface area is 112 Å². The van der Waals surface area contributed by atoms with Crippen LogP contribution in [-0.4, -0.2) is 21.5 Å². The minimum absolute atomic E-state index is 0.259. The Bertz CT molecular complexity index is 514. The van der Waals surface area contributed by atoms with Gasteiger partial charge in [-0.15, -0.1) is 0 Å². The van der Waals surface area contributed by atoms with Crippen molar-refractivity contribution in [3.8, 4) is 0 Å². The van der Waals surface area contributed by atoms with Gasteiger partial charge in [-0.2, -0.15) is 9.97 Å². The third kappa shape index (κ3) is 4.09. The molecule has 0 spiro atoms. The molecule has 0 saturated heterocycles. The molecule has 0 aromatic carbocycles. The summed E-state index contributed by atoms with van der Waals surface area (Å²) in [7, 11) is 0. The summed E-state index contributed by atoms with van der Waals surface area (Å²) >= 11 is 0. The van der Waals surface area contributed by atoms with E-state index in [9.17, 15) is 0 Å². The van der Waals surface area contributed by atoms with Crippen molar-refractivity contribution < 1.29 is 0 Å². The number of aromatic nitrogens is 3. The lowest BCUT2D eigenvalue weighted by Gasteiger charge is -2.09. The van der Waals surface area contributed by atoms with Crippen LogP contribution in [0.4, 0.5) is 17.6 Å². The summed E-state index contributed by atoms with van der Waals surface area (Å²) in [5, 5.41) is 6.40. The molecule has 0 aliphatic rings. The number of pyridine rings is 1. The molecule has 4 N–H and O–H groups in total. The first-order valence-corrected chi connectivity index (χ1v) is 6.29. The molecule has 0 aliphatic carbocycles. The second kappa shape index (κ2) is 6.53. The first kappa shape index (κ1) is 13.1. The number of hydrogen-bond donors (Lipinski definition) is 3. The van der Waals surface area contributed by atoms with Crippen LogP contribution in [0.5, 0.6) is 0 Å². The molecule has 0 amide bonds. The molecule has 2 heterocycles. The first-order valence-electron chi connectivity index (χ1n) is 6.29. The van der Waals surface area contributed by atoms with Gasteiger partial charge in [-0.3, -0.25) is 4.98 Å². The van der Waals surface area contributed by atoms with Crippen molar-refractivity contribution in [2.75, 3.05) is 22.9 Å². The Morgan fingerprint density at radius 3 is 2.68 bits per heavy atom. The first-order chi connectivity index (χ1) is 9.28. The molecular weight excluding hydrogens is 240 g/mol. The number of nitrogens with one attached hydrogen (secondary N) is 2. The maximum atomic E-state index is 5.69. The molecule has 0 radical (unpaired) electrons. The van der Waals surface area contributed by atoms with Crippen molar-refractivity contribution in [2.45, 2.75) is 19.9 Å². The van der Waals surface area contributed by atoms with Crippen molar-refractivity contribution in [3.63, 3.8) is 0 Å². The number of anilines is 3. The fourth-order valence-corrected chi connectivity index (χ4v) is 1.60. The summed E-state index contributed by atoms with van der Waals surface area (Å²) in [6.45, 7) is 3.61. The second-order valence-corrected chi connectivity index (χ2v) is 4.14. The zero-order valence-electron chi connectivity index (χ0n) is 10.9. The van der Waals surface area contributed by atoms with Gasteiger partial charge in [0.25, 0.3) is 0 Å². The van der Waals surface area contributed by atoms with Gasteiger partial charge in [-0.1, -0.05) is 13.0 Å². The molecule has 2 aromatic heterocycles.